The highest BCUT2D eigenvalue weighted by Gasteiger charge is 2.26. The number of benzene rings is 1. The number of nitrogens with zero attached hydrogens (tertiary/aromatic N) is 1. The molecule has 112 valence electrons. The molecule has 1 aromatic heterocycles. The summed E-state index contributed by atoms with van der Waals surface area (Å²) in [4.78, 5) is 11.5. The number of anilines is 1. The summed E-state index contributed by atoms with van der Waals surface area (Å²) < 4.78 is 31.7. The van der Waals surface area contributed by atoms with E-state index in [1.165, 1.54) is 28.6 Å². The largest absolute Gasteiger partial charge is 0.421 e. The van der Waals surface area contributed by atoms with Gasteiger partial charge in [0.15, 0.2) is 0 Å². The molecule has 0 radical (unpaired) electrons. The van der Waals surface area contributed by atoms with Crippen molar-refractivity contribution in [2.45, 2.75) is 24.2 Å². The minimum absolute atomic E-state index is 0.0324. The standard InChI is InChI=1S/C14H16N2O4S/c15-12-9-10-8-11(4-5-13(10)20-14(12)17)21(18,19)16-6-2-1-3-7-16/h4-5,8-9H,1-3,6-7,15H2. The van der Waals surface area contributed by atoms with Gasteiger partial charge in [-0.15, -0.1) is 0 Å². The average Bonchev–Trinajstić information content (AvgIpc) is 2.49. The monoisotopic (exact) mass is 308 g/mol. The zero-order valence-electron chi connectivity index (χ0n) is 11.4. The zero-order chi connectivity index (χ0) is 15.0. The lowest BCUT2D eigenvalue weighted by Gasteiger charge is -2.25. The second-order valence-electron chi connectivity index (χ2n) is 5.15. The van der Waals surface area contributed by atoms with Gasteiger partial charge in [-0.25, -0.2) is 13.2 Å². The Morgan fingerprint density at radius 2 is 1.81 bits per heavy atom. The Morgan fingerprint density at radius 3 is 2.52 bits per heavy atom. The van der Waals surface area contributed by atoms with Gasteiger partial charge in [-0.05, 0) is 37.1 Å². The fraction of sp³-hybridized carbons (Fsp3) is 0.357. The third-order valence-corrected chi connectivity index (χ3v) is 5.58. The molecule has 2 aromatic rings. The Morgan fingerprint density at radius 1 is 1.10 bits per heavy atom. The molecule has 1 aliphatic rings. The third-order valence-electron chi connectivity index (χ3n) is 3.68. The minimum Gasteiger partial charge on any atom is -0.421 e. The van der Waals surface area contributed by atoms with E-state index in [4.69, 9.17) is 10.2 Å². The van der Waals surface area contributed by atoms with Crippen molar-refractivity contribution in [3.8, 4) is 0 Å². The van der Waals surface area contributed by atoms with Crippen LogP contribution in [0.2, 0.25) is 0 Å². The molecular weight excluding hydrogens is 292 g/mol. The van der Waals surface area contributed by atoms with Gasteiger partial charge >= 0.3 is 5.63 Å². The second-order valence-corrected chi connectivity index (χ2v) is 7.09. The third kappa shape index (κ3) is 2.54. The first-order valence-corrected chi connectivity index (χ1v) is 8.26. The highest BCUT2D eigenvalue weighted by Crippen LogP contribution is 2.24. The first-order chi connectivity index (χ1) is 9.98. The van der Waals surface area contributed by atoms with Gasteiger partial charge in [0.1, 0.15) is 11.3 Å². The van der Waals surface area contributed by atoms with Crippen LogP contribution in [0, 0.1) is 0 Å². The fourth-order valence-electron chi connectivity index (χ4n) is 2.53. The molecule has 3 rings (SSSR count). The Hall–Kier alpha value is -1.86. The maximum atomic E-state index is 12.6. The fourth-order valence-corrected chi connectivity index (χ4v) is 4.09. The van der Waals surface area contributed by atoms with Crippen LogP contribution in [0.15, 0.2) is 38.4 Å². The summed E-state index contributed by atoms with van der Waals surface area (Å²) in [5, 5.41) is 0.505. The van der Waals surface area contributed by atoms with Gasteiger partial charge < -0.3 is 10.2 Å². The van der Waals surface area contributed by atoms with Gasteiger partial charge in [0.2, 0.25) is 10.0 Å². The highest BCUT2D eigenvalue weighted by molar-refractivity contribution is 7.89. The number of hydrogen-bond donors (Lipinski definition) is 1. The molecule has 0 atom stereocenters. The molecule has 2 N–H and O–H groups in total. The molecule has 0 amide bonds. The zero-order valence-corrected chi connectivity index (χ0v) is 12.2. The lowest BCUT2D eigenvalue weighted by atomic mass is 10.2. The number of rotatable bonds is 2. The maximum Gasteiger partial charge on any atom is 0.359 e. The number of piperidine rings is 1. The lowest BCUT2D eigenvalue weighted by Crippen LogP contribution is -2.35. The second kappa shape index (κ2) is 5.16. The quantitative estimate of drug-likeness (QED) is 0.850. The van der Waals surface area contributed by atoms with Crippen molar-refractivity contribution in [3.05, 3.63) is 34.7 Å². The summed E-state index contributed by atoms with van der Waals surface area (Å²) >= 11 is 0. The van der Waals surface area contributed by atoms with Gasteiger partial charge in [-0.3, -0.25) is 0 Å². The smallest absolute Gasteiger partial charge is 0.359 e. The summed E-state index contributed by atoms with van der Waals surface area (Å²) in [5.41, 5.74) is 5.20. The summed E-state index contributed by atoms with van der Waals surface area (Å²) in [7, 11) is -3.50. The Balaban J connectivity index is 2.07. The molecule has 7 heteroatoms. The molecule has 0 saturated carbocycles. The van der Waals surface area contributed by atoms with E-state index >= 15 is 0 Å². The van der Waals surface area contributed by atoms with Gasteiger partial charge in [-0.2, -0.15) is 4.31 Å². The summed E-state index contributed by atoms with van der Waals surface area (Å²) in [6.45, 7) is 1.10. The van der Waals surface area contributed by atoms with Crippen molar-refractivity contribution in [2.24, 2.45) is 0 Å². The first kappa shape index (κ1) is 14.1. The molecule has 1 aromatic carbocycles. The summed E-state index contributed by atoms with van der Waals surface area (Å²) in [6, 6.07) is 5.90. The molecule has 6 nitrogen and oxygen atoms in total. The molecule has 1 saturated heterocycles. The van der Waals surface area contributed by atoms with E-state index in [2.05, 4.69) is 0 Å². The predicted octanol–water partition coefficient (Wildman–Crippen LogP) is 1.55. The average molecular weight is 308 g/mol. The van der Waals surface area contributed by atoms with Crippen molar-refractivity contribution in [1.29, 1.82) is 0 Å². The van der Waals surface area contributed by atoms with Crippen LogP contribution in [0.3, 0.4) is 0 Å². The Kier molecular flexibility index (Phi) is 3.46. The van der Waals surface area contributed by atoms with Crippen LogP contribution in [-0.2, 0) is 10.0 Å². The van der Waals surface area contributed by atoms with E-state index in [-0.39, 0.29) is 10.6 Å². The molecule has 0 bridgehead atoms. The Bertz CT molecular complexity index is 836. The summed E-state index contributed by atoms with van der Waals surface area (Å²) in [6.07, 6.45) is 2.83. The van der Waals surface area contributed by atoms with E-state index in [0.29, 0.717) is 24.1 Å². The topological polar surface area (TPSA) is 93.6 Å². The van der Waals surface area contributed by atoms with Crippen LogP contribution in [0.5, 0.6) is 0 Å². The van der Waals surface area contributed by atoms with E-state index in [1.54, 1.807) is 0 Å². The van der Waals surface area contributed by atoms with Crippen molar-refractivity contribution in [2.75, 3.05) is 18.8 Å². The summed E-state index contributed by atoms with van der Waals surface area (Å²) in [5.74, 6) is 0. The lowest BCUT2D eigenvalue weighted by molar-refractivity contribution is 0.346. The van der Waals surface area contributed by atoms with Gasteiger partial charge in [0, 0.05) is 18.5 Å². The van der Waals surface area contributed by atoms with E-state index in [0.717, 1.165) is 19.3 Å². The van der Waals surface area contributed by atoms with Crippen LogP contribution >= 0.6 is 0 Å². The Labute approximate surface area is 122 Å². The van der Waals surface area contributed by atoms with Gasteiger partial charge in [0.05, 0.1) is 4.90 Å². The van der Waals surface area contributed by atoms with Gasteiger partial charge in [-0.1, -0.05) is 6.42 Å². The van der Waals surface area contributed by atoms with Crippen molar-refractivity contribution in [1.82, 2.24) is 4.31 Å². The molecular formula is C14H16N2O4S. The molecule has 1 fully saturated rings. The van der Waals surface area contributed by atoms with Crippen LogP contribution in [0.25, 0.3) is 11.0 Å². The number of nitrogen functional groups attached to an aromatic ring is 1. The van der Waals surface area contributed by atoms with E-state index < -0.39 is 15.6 Å². The number of fused-ring (bicyclic) bond motifs is 1. The van der Waals surface area contributed by atoms with Crippen LogP contribution in [0.4, 0.5) is 5.69 Å². The molecule has 0 spiro atoms. The van der Waals surface area contributed by atoms with Crippen molar-refractivity contribution in [3.63, 3.8) is 0 Å². The van der Waals surface area contributed by atoms with Crippen LogP contribution in [0.1, 0.15) is 19.3 Å². The van der Waals surface area contributed by atoms with Crippen LogP contribution in [-0.4, -0.2) is 25.8 Å². The van der Waals surface area contributed by atoms with Crippen molar-refractivity contribution < 1.29 is 12.8 Å². The SMILES string of the molecule is Nc1cc2cc(S(=O)(=O)N3CCCCC3)ccc2oc1=O. The van der Waals surface area contributed by atoms with Crippen molar-refractivity contribution >= 4 is 26.7 Å². The normalized spacial score (nSPS) is 17.1. The minimum atomic E-state index is -3.50. The number of nitrogens with two attached hydrogens (primary N) is 1. The predicted molar refractivity (Wildman–Crippen MR) is 79.5 cm³/mol. The molecule has 0 unspecified atom stereocenters. The molecule has 2 heterocycles. The molecule has 1 aliphatic heterocycles. The highest BCUT2D eigenvalue weighted by atomic mass is 32.2. The number of sulfonamides is 1. The van der Waals surface area contributed by atoms with E-state index in [9.17, 15) is 13.2 Å². The molecule has 0 aliphatic carbocycles. The number of hydrogen-bond acceptors (Lipinski definition) is 5. The van der Waals surface area contributed by atoms with E-state index in [1.807, 2.05) is 0 Å². The molecule has 21 heavy (non-hydrogen) atoms. The van der Waals surface area contributed by atoms with Crippen LogP contribution < -0.4 is 11.4 Å². The van der Waals surface area contributed by atoms with Gasteiger partial charge in [0.25, 0.3) is 0 Å². The maximum absolute atomic E-state index is 12.6. The first-order valence-electron chi connectivity index (χ1n) is 6.82.